The molecule has 0 unspecified atom stereocenters. The minimum Gasteiger partial charge on any atom is -0.266 e. The zero-order valence-corrected chi connectivity index (χ0v) is 16.5. The molecule has 0 aliphatic carbocycles. The van der Waals surface area contributed by atoms with Gasteiger partial charge in [-0.25, -0.2) is 5.43 Å². The van der Waals surface area contributed by atoms with E-state index in [-0.39, 0.29) is 5.69 Å². The summed E-state index contributed by atoms with van der Waals surface area (Å²) in [6.07, 6.45) is 0. The Balaban J connectivity index is 1.80. The Labute approximate surface area is 165 Å². The predicted molar refractivity (Wildman–Crippen MR) is 107 cm³/mol. The molecule has 3 aromatic rings. The molecule has 1 amide bonds. The summed E-state index contributed by atoms with van der Waals surface area (Å²) in [5, 5.41) is 15.9. The van der Waals surface area contributed by atoms with E-state index in [1.54, 1.807) is 19.1 Å². The van der Waals surface area contributed by atoms with Crippen LogP contribution in [0.1, 0.15) is 22.2 Å². The van der Waals surface area contributed by atoms with E-state index in [9.17, 15) is 14.9 Å². The van der Waals surface area contributed by atoms with Gasteiger partial charge in [0, 0.05) is 26.7 Å². The second kappa shape index (κ2) is 7.53. The molecule has 0 saturated carbocycles. The van der Waals surface area contributed by atoms with E-state index in [0.29, 0.717) is 21.2 Å². The number of hydrazone groups is 1. The molecule has 0 fully saturated rings. The van der Waals surface area contributed by atoms with Gasteiger partial charge in [0.2, 0.25) is 0 Å². The van der Waals surface area contributed by atoms with E-state index in [1.807, 2.05) is 18.2 Å². The third-order valence-electron chi connectivity index (χ3n) is 3.62. The fraction of sp³-hybridized carbons (Fsp3) is 0.0588. The van der Waals surface area contributed by atoms with Crippen molar-refractivity contribution < 1.29 is 9.72 Å². The van der Waals surface area contributed by atoms with Crippen molar-refractivity contribution in [1.29, 1.82) is 0 Å². The first-order valence-corrected chi connectivity index (χ1v) is 9.32. The predicted octanol–water partition coefficient (Wildman–Crippen LogP) is 5.38. The van der Waals surface area contributed by atoms with Crippen molar-refractivity contribution >= 4 is 66.3 Å². The smallest absolute Gasteiger partial charge is 0.266 e. The third kappa shape index (κ3) is 3.77. The normalized spacial score (nSPS) is 11.6. The first-order valence-electron chi connectivity index (χ1n) is 7.34. The molecular formula is C17H11BrClN3O3S. The Bertz CT molecular complexity index is 1050. The summed E-state index contributed by atoms with van der Waals surface area (Å²) in [5.41, 5.74) is 3.66. The van der Waals surface area contributed by atoms with Gasteiger partial charge in [-0.2, -0.15) is 5.10 Å². The molecule has 0 aliphatic heterocycles. The number of amides is 1. The number of nitro groups is 1. The lowest BCUT2D eigenvalue weighted by atomic mass is 10.1. The first-order chi connectivity index (χ1) is 12.4. The maximum atomic E-state index is 12.4. The van der Waals surface area contributed by atoms with Crippen molar-refractivity contribution in [2.24, 2.45) is 5.10 Å². The molecule has 9 heteroatoms. The van der Waals surface area contributed by atoms with Gasteiger partial charge in [0.25, 0.3) is 11.6 Å². The number of carbonyl (C=O) groups excluding carboxylic acids is 1. The average Bonchev–Trinajstić information content (AvgIpc) is 2.95. The van der Waals surface area contributed by atoms with Gasteiger partial charge in [0.05, 0.1) is 15.7 Å². The number of hydrogen-bond acceptors (Lipinski definition) is 5. The standard InChI is InChI=1S/C17H11BrClN3O3S/c1-9(10-2-5-12(6-3-10)22(24)25)20-21-17(23)16-15(19)13-7-4-11(18)8-14(13)26-16/h2-8H,1H3,(H,21,23)/b20-9-. The molecule has 0 spiro atoms. The monoisotopic (exact) mass is 451 g/mol. The second-order valence-corrected chi connectivity index (χ2v) is 7.67. The lowest BCUT2D eigenvalue weighted by molar-refractivity contribution is -0.384. The molecule has 0 atom stereocenters. The van der Waals surface area contributed by atoms with Gasteiger partial charge < -0.3 is 0 Å². The van der Waals surface area contributed by atoms with Crippen LogP contribution in [0.2, 0.25) is 5.02 Å². The fourth-order valence-electron chi connectivity index (χ4n) is 2.26. The van der Waals surface area contributed by atoms with Crippen molar-refractivity contribution in [3.8, 4) is 0 Å². The number of non-ortho nitro benzene ring substituents is 1. The summed E-state index contributed by atoms with van der Waals surface area (Å²) in [4.78, 5) is 23.0. The number of benzene rings is 2. The molecule has 2 aromatic carbocycles. The maximum Gasteiger partial charge on any atom is 0.283 e. The van der Waals surface area contributed by atoms with Crippen LogP contribution in [0.15, 0.2) is 52.0 Å². The Kier molecular flexibility index (Phi) is 5.36. The van der Waals surface area contributed by atoms with Crippen LogP contribution >= 0.6 is 38.9 Å². The quantitative estimate of drug-likeness (QED) is 0.328. The summed E-state index contributed by atoms with van der Waals surface area (Å²) < 4.78 is 1.80. The van der Waals surface area contributed by atoms with Gasteiger partial charge >= 0.3 is 0 Å². The minimum atomic E-state index is -0.472. The highest BCUT2D eigenvalue weighted by atomic mass is 79.9. The number of thiophene rings is 1. The highest BCUT2D eigenvalue weighted by molar-refractivity contribution is 9.10. The van der Waals surface area contributed by atoms with Crippen LogP contribution in [0.5, 0.6) is 0 Å². The van der Waals surface area contributed by atoms with Crippen molar-refractivity contribution in [2.45, 2.75) is 6.92 Å². The molecule has 0 saturated heterocycles. The van der Waals surface area contributed by atoms with Crippen LogP contribution < -0.4 is 5.43 Å². The molecule has 1 aromatic heterocycles. The number of halogens is 2. The van der Waals surface area contributed by atoms with Crippen molar-refractivity contribution in [3.63, 3.8) is 0 Å². The Hall–Kier alpha value is -2.29. The average molecular weight is 453 g/mol. The van der Waals surface area contributed by atoms with Crippen LogP contribution in [0.3, 0.4) is 0 Å². The lowest BCUT2D eigenvalue weighted by Crippen LogP contribution is -2.18. The van der Waals surface area contributed by atoms with Crippen LogP contribution in [0, 0.1) is 10.1 Å². The summed E-state index contributed by atoms with van der Waals surface area (Å²) in [6.45, 7) is 1.70. The molecule has 0 bridgehead atoms. The van der Waals surface area contributed by atoms with Crippen molar-refractivity contribution in [3.05, 3.63) is 72.5 Å². The lowest BCUT2D eigenvalue weighted by Gasteiger charge is -2.02. The molecule has 1 N–H and O–H groups in total. The van der Waals surface area contributed by atoms with Crippen molar-refractivity contribution in [2.75, 3.05) is 0 Å². The van der Waals surface area contributed by atoms with E-state index >= 15 is 0 Å². The summed E-state index contributed by atoms with van der Waals surface area (Å²) in [5.74, 6) is -0.409. The zero-order chi connectivity index (χ0) is 18.8. The van der Waals surface area contributed by atoms with E-state index in [0.717, 1.165) is 14.6 Å². The molecule has 0 radical (unpaired) electrons. The molecule has 3 rings (SSSR count). The van der Waals surface area contributed by atoms with Gasteiger partial charge in [-0.1, -0.05) is 33.6 Å². The fourth-order valence-corrected chi connectivity index (χ4v) is 4.22. The van der Waals surface area contributed by atoms with Crippen LogP contribution in [0.4, 0.5) is 5.69 Å². The summed E-state index contributed by atoms with van der Waals surface area (Å²) >= 11 is 11.0. The van der Waals surface area contributed by atoms with Crippen molar-refractivity contribution in [1.82, 2.24) is 5.43 Å². The largest absolute Gasteiger partial charge is 0.283 e. The van der Waals surface area contributed by atoms with Crippen LogP contribution in [-0.2, 0) is 0 Å². The number of rotatable bonds is 4. The number of carbonyl (C=O) groups is 1. The number of nitrogens with zero attached hydrogens (tertiary/aromatic N) is 2. The topological polar surface area (TPSA) is 84.6 Å². The molecule has 0 aliphatic rings. The summed E-state index contributed by atoms with van der Waals surface area (Å²) in [6, 6.07) is 11.5. The Morgan fingerprint density at radius 1 is 1.27 bits per heavy atom. The molecule has 1 heterocycles. The van der Waals surface area contributed by atoms with Gasteiger partial charge in [0.15, 0.2) is 0 Å². The Morgan fingerprint density at radius 2 is 1.96 bits per heavy atom. The molecule has 132 valence electrons. The molecule has 6 nitrogen and oxygen atoms in total. The zero-order valence-electron chi connectivity index (χ0n) is 13.3. The van der Waals surface area contributed by atoms with E-state index in [1.165, 1.54) is 23.5 Å². The third-order valence-corrected chi connectivity index (χ3v) is 5.77. The highest BCUT2D eigenvalue weighted by Gasteiger charge is 2.17. The number of nitro benzene ring substituents is 1. The van der Waals surface area contributed by atoms with E-state index in [2.05, 4.69) is 26.5 Å². The SMILES string of the molecule is C/C(=N/NC(=O)c1sc2cc(Br)ccc2c1Cl)c1ccc([N+](=O)[O-])cc1. The van der Waals surface area contributed by atoms with Crippen LogP contribution in [-0.4, -0.2) is 16.5 Å². The number of hydrogen-bond donors (Lipinski definition) is 1. The van der Waals surface area contributed by atoms with Crippen LogP contribution in [0.25, 0.3) is 10.1 Å². The Morgan fingerprint density at radius 3 is 2.62 bits per heavy atom. The van der Waals surface area contributed by atoms with E-state index < -0.39 is 10.8 Å². The second-order valence-electron chi connectivity index (χ2n) is 5.33. The maximum absolute atomic E-state index is 12.4. The van der Waals surface area contributed by atoms with Gasteiger partial charge in [-0.15, -0.1) is 11.3 Å². The van der Waals surface area contributed by atoms with E-state index in [4.69, 9.17) is 11.6 Å². The minimum absolute atomic E-state index is 0.00574. The molecule has 26 heavy (non-hydrogen) atoms. The molecular weight excluding hydrogens is 442 g/mol. The highest BCUT2D eigenvalue weighted by Crippen LogP contribution is 2.36. The van der Waals surface area contributed by atoms with Gasteiger partial charge in [-0.05, 0) is 36.8 Å². The number of nitrogens with one attached hydrogen (secondary N) is 1. The van der Waals surface area contributed by atoms with Gasteiger partial charge in [0.1, 0.15) is 4.88 Å². The number of fused-ring (bicyclic) bond motifs is 1. The van der Waals surface area contributed by atoms with Gasteiger partial charge in [-0.3, -0.25) is 14.9 Å². The summed E-state index contributed by atoms with van der Waals surface area (Å²) in [7, 11) is 0. The first kappa shape index (κ1) is 18.5.